The van der Waals surface area contributed by atoms with E-state index in [-0.39, 0.29) is 5.92 Å². The lowest BCUT2D eigenvalue weighted by Crippen LogP contribution is -2.48. The number of rotatable bonds is 26. The van der Waals surface area contributed by atoms with Crippen LogP contribution in [-0.2, 0) is 33.2 Å². The predicted molar refractivity (Wildman–Crippen MR) is 132 cm³/mol. The van der Waals surface area contributed by atoms with Gasteiger partial charge < -0.3 is 33.2 Å². The molecule has 1 unspecified atom stereocenters. The van der Waals surface area contributed by atoms with Gasteiger partial charge in [-0.15, -0.1) is 0 Å². The van der Waals surface area contributed by atoms with Crippen molar-refractivity contribution < 1.29 is 33.2 Å². The van der Waals surface area contributed by atoms with Crippen molar-refractivity contribution in [2.24, 2.45) is 5.92 Å². The third-order valence-electron chi connectivity index (χ3n) is 5.42. The van der Waals surface area contributed by atoms with E-state index in [9.17, 15) is 0 Å². The quantitative estimate of drug-likeness (QED) is 0.0899. The van der Waals surface area contributed by atoms with Crippen LogP contribution in [0, 0.1) is 5.92 Å². The van der Waals surface area contributed by atoms with Gasteiger partial charge in [0.1, 0.15) is 0 Å². The average molecular weight is 477 g/mol. The number of methoxy groups -OCH3 is 3. The van der Waals surface area contributed by atoms with Crippen molar-refractivity contribution in [2.45, 2.75) is 84.0 Å². The van der Waals surface area contributed by atoms with Gasteiger partial charge in [-0.1, -0.05) is 58.4 Å². The van der Waals surface area contributed by atoms with E-state index in [1.807, 2.05) is 6.08 Å². The second-order valence-corrected chi connectivity index (χ2v) is 8.17. The maximum Gasteiger partial charge on any atom is 0.286 e. The van der Waals surface area contributed by atoms with Crippen molar-refractivity contribution in [1.29, 1.82) is 0 Å². The lowest BCUT2D eigenvalue weighted by Gasteiger charge is -2.40. The van der Waals surface area contributed by atoms with Gasteiger partial charge in [-0.2, -0.15) is 0 Å². The highest BCUT2D eigenvalue weighted by atomic mass is 16.9. The molecule has 0 rings (SSSR count). The molecule has 0 aliphatic carbocycles. The third-order valence-corrected chi connectivity index (χ3v) is 5.42. The summed E-state index contributed by atoms with van der Waals surface area (Å²) in [5, 5.41) is 0. The monoisotopic (exact) mass is 476 g/mol. The van der Waals surface area contributed by atoms with Gasteiger partial charge in [0.05, 0.1) is 52.5 Å². The fourth-order valence-corrected chi connectivity index (χ4v) is 3.59. The van der Waals surface area contributed by atoms with E-state index in [1.165, 1.54) is 32.1 Å². The minimum Gasteiger partial charge on any atom is -0.502 e. The van der Waals surface area contributed by atoms with Gasteiger partial charge in [0, 0.05) is 27.2 Å². The zero-order chi connectivity index (χ0) is 24.5. The topological polar surface area (TPSA) is 64.6 Å². The van der Waals surface area contributed by atoms with Crippen LogP contribution in [0.1, 0.15) is 78.1 Å². The average Bonchev–Trinajstić information content (AvgIpc) is 2.82. The van der Waals surface area contributed by atoms with Crippen LogP contribution < -0.4 is 0 Å². The lowest BCUT2D eigenvalue weighted by atomic mass is 9.93. The summed E-state index contributed by atoms with van der Waals surface area (Å²) < 4.78 is 40.2. The first-order valence-corrected chi connectivity index (χ1v) is 12.9. The maximum absolute atomic E-state index is 6.28. The molecule has 0 fully saturated rings. The zero-order valence-electron chi connectivity index (χ0n) is 22.1. The Morgan fingerprint density at radius 3 is 1.64 bits per heavy atom. The Morgan fingerprint density at radius 2 is 1.12 bits per heavy atom. The van der Waals surface area contributed by atoms with Gasteiger partial charge in [-0.05, 0) is 25.7 Å². The van der Waals surface area contributed by atoms with Crippen molar-refractivity contribution in [2.75, 3.05) is 67.6 Å². The second-order valence-electron chi connectivity index (χ2n) is 8.17. The minimum atomic E-state index is -1.15. The summed E-state index contributed by atoms with van der Waals surface area (Å²) in [7, 11) is 4.99. The molecule has 0 amide bonds. The maximum atomic E-state index is 6.28. The Hall–Kier alpha value is -0.700. The van der Waals surface area contributed by atoms with Gasteiger partial charge in [-0.25, -0.2) is 0 Å². The van der Waals surface area contributed by atoms with E-state index in [4.69, 9.17) is 33.2 Å². The number of unbranched alkanes of at least 4 members (excludes halogenated alkanes) is 5. The molecule has 0 N–H and O–H groups in total. The van der Waals surface area contributed by atoms with Crippen molar-refractivity contribution in [3.63, 3.8) is 0 Å². The molecule has 0 saturated carbocycles. The van der Waals surface area contributed by atoms with Crippen molar-refractivity contribution in [1.82, 2.24) is 0 Å². The van der Waals surface area contributed by atoms with Crippen LogP contribution in [0.25, 0.3) is 0 Å². The van der Waals surface area contributed by atoms with E-state index in [1.54, 1.807) is 27.6 Å². The molecule has 0 heterocycles. The molecular weight excluding hydrogens is 424 g/mol. The van der Waals surface area contributed by atoms with Crippen LogP contribution in [0.3, 0.4) is 0 Å². The summed E-state index contributed by atoms with van der Waals surface area (Å²) in [5.74, 6) is -1.09. The standard InChI is InChI=1S/C26H52O7/c1-6-8-10-11-12-13-15-25(16-14-18-30-17-9-7-2)26(31-22-19-27-3,32-23-20-28-4)33-24-21-29-5/h9,17,25H,6-8,10-16,18-24H2,1-5H3. The smallest absolute Gasteiger partial charge is 0.286 e. The summed E-state index contributed by atoms with van der Waals surface area (Å²) in [6.07, 6.45) is 14.9. The lowest BCUT2D eigenvalue weighted by molar-refractivity contribution is -0.410. The second kappa shape index (κ2) is 24.4. The number of ether oxygens (including phenoxy) is 7. The van der Waals surface area contributed by atoms with Crippen LogP contribution in [-0.4, -0.2) is 73.6 Å². The number of allylic oxidation sites excluding steroid dienone is 1. The SMILES string of the molecule is CCC=COCCCC(CCCCCCCC)C(OCCOC)(OCCOC)OCCOC. The van der Waals surface area contributed by atoms with E-state index >= 15 is 0 Å². The van der Waals surface area contributed by atoms with Crippen LogP contribution in [0.15, 0.2) is 12.3 Å². The molecule has 33 heavy (non-hydrogen) atoms. The van der Waals surface area contributed by atoms with E-state index in [2.05, 4.69) is 13.8 Å². The number of hydrogen-bond donors (Lipinski definition) is 0. The summed E-state index contributed by atoms with van der Waals surface area (Å²) >= 11 is 0. The van der Waals surface area contributed by atoms with Crippen LogP contribution >= 0.6 is 0 Å². The molecule has 0 aliphatic rings. The first-order valence-electron chi connectivity index (χ1n) is 12.9. The molecule has 0 aromatic heterocycles. The van der Waals surface area contributed by atoms with Gasteiger partial charge in [0.2, 0.25) is 0 Å². The molecule has 0 bridgehead atoms. The largest absolute Gasteiger partial charge is 0.502 e. The highest BCUT2D eigenvalue weighted by Crippen LogP contribution is 2.34. The van der Waals surface area contributed by atoms with E-state index in [0.717, 1.165) is 32.1 Å². The summed E-state index contributed by atoms with van der Waals surface area (Å²) in [5.41, 5.74) is 0. The molecule has 7 heteroatoms. The fourth-order valence-electron chi connectivity index (χ4n) is 3.59. The molecule has 0 radical (unpaired) electrons. The molecule has 0 spiro atoms. The molecule has 0 saturated heterocycles. The molecule has 0 aliphatic heterocycles. The van der Waals surface area contributed by atoms with Crippen molar-refractivity contribution in [3.8, 4) is 0 Å². The van der Waals surface area contributed by atoms with Gasteiger partial charge >= 0.3 is 0 Å². The molecule has 0 aromatic rings. The first-order chi connectivity index (χ1) is 16.2. The molecule has 0 aromatic carbocycles. The van der Waals surface area contributed by atoms with Crippen molar-refractivity contribution >= 4 is 0 Å². The van der Waals surface area contributed by atoms with Crippen LogP contribution in [0.2, 0.25) is 0 Å². The van der Waals surface area contributed by atoms with Crippen molar-refractivity contribution in [3.05, 3.63) is 12.3 Å². The Labute approximate surface area is 203 Å². The summed E-state index contributed by atoms with van der Waals surface area (Å²) in [6, 6.07) is 0. The molecule has 198 valence electrons. The third kappa shape index (κ3) is 17.4. The summed E-state index contributed by atoms with van der Waals surface area (Å²) in [6.45, 7) is 7.57. The number of hydrogen-bond acceptors (Lipinski definition) is 7. The summed E-state index contributed by atoms with van der Waals surface area (Å²) in [4.78, 5) is 0. The predicted octanol–water partition coefficient (Wildman–Crippen LogP) is 5.72. The highest BCUT2D eigenvalue weighted by molar-refractivity contribution is 4.75. The minimum absolute atomic E-state index is 0.0630. The van der Waals surface area contributed by atoms with Gasteiger partial charge in [-0.3, -0.25) is 0 Å². The van der Waals surface area contributed by atoms with E-state index < -0.39 is 5.97 Å². The Kier molecular flexibility index (Phi) is 23.9. The highest BCUT2D eigenvalue weighted by Gasteiger charge is 2.42. The van der Waals surface area contributed by atoms with E-state index in [0.29, 0.717) is 46.2 Å². The Balaban J connectivity index is 5.34. The van der Waals surface area contributed by atoms with Gasteiger partial charge in [0.15, 0.2) is 0 Å². The normalized spacial score (nSPS) is 13.1. The van der Waals surface area contributed by atoms with Gasteiger partial charge in [0.25, 0.3) is 5.97 Å². The first kappa shape index (κ1) is 32.3. The molecular formula is C26H52O7. The van der Waals surface area contributed by atoms with Crippen LogP contribution in [0.4, 0.5) is 0 Å². The fraction of sp³-hybridized carbons (Fsp3) is 0.923. The van der Waals surface area contributed by atoms with Crippen LogP contribution in [0.5, 0.6) is 0 Å². The molecule has 1 atom stereocenters. The zero-order valence-corrected chi connectivity index (χ0v) is 22.1. The Morgan fingerprint density at radius 1 is 0.606 bits per heavy atom. The molecule has 7 nitrogen and oxygen atoms in total. The Bertz CT molecular complexity index is 391.